The Labute approximate surface area is 66.9 Å². The summed E-state index contributed by atoms with van der Waals surface area (Å²) in [5, 5.41) is 8.75. The number of methoxy groups -OCH3 is 1. The Morgan fingerprint density at radius 1 is 1.64 bits per heavy atom. The Hall–Kier alpha value is -0.590. The molecule has 3 heteroatoms. The van der Waals surface area contributed by atoms with Crippen LogP contribution in [-0.4, -0.2) is 25.4 Å². The molecule has 3 nitrogen and oxygen atoms in total. The Morgan fingerprint density at radius 2 is 2.27 bits per heavy atom. The van der Waals surface area contributed by atoms with Crippen LogP contribution < -0.4 is 0 Å². The molecule has 0 heterocycles. The van der Waals surface area contributed by atoms with Gasteiger partial charge in [0.2, 0.25) is 0 Å². The van der Waals surface area contributed by atoms with Gasteiger partial charge in [-0.1, -0.05) is 0 Å². The first kappa shape index (κ1) is 8.51. The average molecular weight is 155 g/mol. The highest BCUT2D eigenvalue weighted by atomic mass is 16.5. The lowest BCUT2D eigenvalue weighted by Gasteiger charge is -2.40. The van der Waals surface area contributed by atoms with E-state index in [4.69, 9.17) is 14.7 Å². The highest BCUT2D eigenvalue weighted by molar-refractivity contribution is 5.11. The van der Waals surface area contributed by atoms with Crippen molar-refractivity contribution in [3.05, 3.63) is 0 Å². The molecule has 1 fully saturated rings. The molecule has 0 spiro atoms. The molecule has 0 N–H and O–H groups in total. The van der Waals surface area contributed by atoms with Gasteiger partial charge < -0.3 is 9.47 Å². The van der Waals surface area contributed by atoms with Gasteiger partial charge in [-0.25, -0.2) is 0 Å². The molecule has 0 atom stereocenters. The summed E-state index contributed by atoms with van der Waals surface area (Å²) >= 11 is 0. The molecular formula is C8H13NO2. The van der Waals surface area contributed by atoms with Crippen LogP contribution in [0.4, 0.5) is 0 Å². The fraction of sp³-hybridized carbons (Fsp3) is 0.875. The summed E-state index contributed by atoms with van der Waals surface area (Å²) in [6, 6.07) is 2.18. The molecule has 1 aliphatic rings. The molecule has 0 saturated heterocycles. The molecule has 0 aromatic rings. The van der Waals surface area contributed by atoms with Crippen LogP contribution in [0.2, 0.25) is 0 Å². The molecule has 0 aromatic carbocycles. The Balaban J connectivity index is 2.38. The smallest absolute Gasteiger partial charge is 0.159 e. The third-order valence-electron chi connectivity index (χ3n) is 2.07. The SMILES string of the molecule is CCOC1(C#N)CC(OC)C1. The van der Waals surface area contributed by atoms with Gasteiger partial charge in [-0.05, 0) is 6.92 Å². The first-order chi connectivity index (χ1) is 5.26. The van der Waals surface area contributed by atoms with Crippen LogP contribution >= 0.6 is 0 Å². The number of ether oxygens (including phenoxy) is 2. The number of hydrogen-bond donors (Lipinski definition) is 0. The van der Waals surface area contributed by atoms with Crippen molar-refractivity contribution in [1.82, 2.24) is 0 Å². The van der Waals surface area contributed by atoms with Gasteiger partial charge in [0.1, 0.15) is 0 Å². The van der Waals surface area contributed by atoms with Crippen molar-refractivity contribution < 1.29 is 9.47 Å². The molecule has 1 rings (SSSR count). The second kappa shape index (κ2) is 3.21. The van der Waals surface area contributed by atoms with Gasteiger partial charge in [0.25, 0.3) is 0 Å². The molecule has 0 amide bonds. The van der Waals surface area contributed by atoms with Gasteiger partial charge in [-0.15, -0.1) is 0 Å². The van der Waals surface area contributed by atoms with Crippen LogP contribution in [0.5, 0.6) is 0 Å². The first-order valence-corrected chi connectivity index (χ1v) is 3.84. The fourth-order valence-corrected chi connectivity index (χ4v) is 1.36. The zero-order chi connectivity index (χ0) is 8.32. The second-order valence-corrected chi connectivity index (χ2v) is 2.81. The first-order valence-electron chi connectivity index (χ1n) is 3.84. The standard InChI is InChI=1S/C8H13NO2/c1-3-11-8(6-9)4-7(5-8)10-2/h7H,3-5H2,1-2H3. The highest BCUT2D eigenvalue weighted by Crippen LogP contribution is 2.36. The van der Waals surface area contributed by atoms with E-state index in [1.165, 1.54) is 0 Å². The molecule has 0 radical (unpaired) electrons. The minimum absolute atomic E-state index is 0.223. The van der Waals surface area contributed by atoms with Crippen LogP contribution in [0.3, 0.4) is 0 Å². The predicted octanol–water partition coefficient (Wildman–Crippen LogP) is 1.09. The molecule has 0 unspecified atom stereocenters. The minimum atomic E-state index is -0.532. The number of nitriles is 1. The number of rotatable bonds is 3. The van der Waals surface area contributed by atoms with E-state index < -0.39 is 5.60 Å². The largest absolute Gasteiger partial charge is 0.381 e. The van der Waals surface area contributed by atoms with Crippen molar-refractivity contribution >= 4 is 0 Å². The summed E-state index contributed by atoms with van der Waals surface area (Å²) in [7, 11) is 1.66. The third kappa shape index (κ3) is 1.52. The van der Waals surface area contributed by atoms with Crippen molar-refractivity contribution in [2.45, 2.75) is 31.5 Å². The van der Waals surface area contributed by atoms with E-state index >= 15 is 0 Å². The summed E-state index contributed by atoms with van der Waals surface area (Å²) in [5.74, 6) is 0. The summed E-state index contributed by atoms with van der Waals surface area (Å²) < 4.78 is 10.4. The van der Waals surface area contributed by atoms with E-state index in [1.54, 1.807) is 7.11 Å². The predicted molar refractivity (Wildman–Crippen MR) is 40.0 cm³/mol. The van der Waals surface area contributed by atoms with Crippen molar-refractivity contribution in [1.29, 1.82) is 5.26 Å². The van der Waals surface area contributed by atoms with Crippen molar-refractivity contribution in [3.63, 3.8) is 0 Å². The number of nitrogens with zero attached hydrogens (tertiary/aromatic N) is 1. The lowest BCUT2D eigenvalue weighted by atomic mass is 9.78. The van der Waals surface area contributed by atoms with Crippen LogP contribution in [0.1, 0.15) is 19.8 Å². The van der Waals surface area contributed by atoms with Gasteiger partial charge >= 0.3 is 0 Å². The Kier molecular flexibility index (Phi) is 2.48. The maximum Gasteiger partial charge on any atom is 0.159 e. The molecule has 11 heavy (non-hydrogen) atoms. The lowest BCUT2D eigenvalue weighted by molar-refractivity contribution is -0.127. The summed E-state index contributed by atoms with van der Waals surface area (Å²) in [4.78, 5) is 0. The molecule has 1 saturated carbocycles. The van der Waals surface area contributed by atoms with Crippen LogP contribution in [-0.2, 0) is 9.47 Å². The second-order valence-electron chi connectivity index (χ2n) is 2.81. The van der Waals surface area contributed by atoms with E-state index in [-0.39, 0.29) is 6.10 Å². The molecular weight excluding hydrogens is 142 g/mol. The lowest BCUT2D eigenvalue weighted by Crippen LogP contribution is -2.49. The van der Waals surface area contributed by atoms with E-state index in [0.717, 1.165) is 0 Å². The van der Waals surface area contributed by atoms with Gasteiger partial charge in [0.05, 0.1) is 12.2 Å². The highest BCUT2D eigenvalue weighted by Gasteiger charge is 2.45. The Morgan fingerprint density at radius 3 is 2.64 bits per heavy atom. The van der Waals surface area contributed by atoms with E-state index in [9.17, 15) is 0 Å². The van der Waals surface area contributed by atoms with Crippen molar-refractivity contribution in [2.24, 2.45) is 0 Å². The zero-order valence-corrected chi connectivity index (χ0v) is 6.96. The Bertz CT molecular complexity index is 167. The zero-order valence-electron chi connectivity index (χ0n) is 6.96. The fourth-order valence-electron chi connectivity index (χ4n) is 1.36. The summed E-state index contributed by atoms with van der Waals surface area (Å²) in [6.45, 7) is 2.50. The summed E-state index contributed by atoms with van der Waals surface area (Å²) in [6.07, 6.45) is 1.66. The topological polar surface area (TPSA) is 42.2 Å². The monoisotopic (exact) mass is 155 g/mol. The van der Waals surface area contributed by atoms with E-state index in [1.807, 2.05) is 6.92 Å². The molecule has 1 aliphatic carbocycles. The van der Waals surface area contributed by atoms with Crippen LogP contribution in [0, 0.1) is 11.3 Å². The average Bonchev–Trinajstić information content (AvgIpc) is 1.96. The normalized spacial score (nSPS) is 35.9. The van der Waals surface area contributed by atoms with Crippen LogP contribution in [0.25, 0.3) is 0 Å². The van der Waals surface area contributed by atoms with Crippen LogP contribution in [0.15, 0.2) is 0 Å². The van der Waals surface area contributed by atoms with Crippen molar-refractivity contribution in [3.8, 4) is 6.07 Å². The minimum Gasteiger partial charge on any atom is -0.381 e. The van der Waals surface area contributed by atoms with Gasteiger partial charge in [0, 0.05) is 26.6 Å². The summed E-state index contributed by atoms with van der Waals surface area (Å²) in [5.41, 5.74) is -0.532. The number of hydrogen-bond acceptors (Lipinski definition) is 3. The maximum atomic E-state index is 8.75. The molecule has 0 aliphatic heterocycles. The maximum absolute atomic E-state index is 8.75. The van der Waals surface area contributed by atoms with Gasteiger partial charge in [0.15, 0.2) is 5.60 Å². The molecule has 62 valence electrons. The van der Waals surface area contributed by atoms with E-state index in [2.05, 4.69) is 6.07 Å². The quantitative estimate of drug-likeness (QED) is 0.612. The van der Waals surface area contributed by atoms with Gasteiger partial charge in [-0.3, -0.25) is 0 Å². The molecule has 0 bridgehead atoms. The molecule has 0 aromatic heterocycles. The van der Waals surface area contributed by atoms with Gasteiger partial charge in [-0.2, -0.15) is 5.26 Å². The van der Waals surface area contributed by atoms with E-state index in [0.29, 0.717) is 19.4 Å². The third-order valence-corrected chi connectivity index (χ3v) is 2.07. The van der Waals surface area contributed by atoms with Crippen molar-refractivity contribution in [2.75, 3.05) is 13.7 Å².